The number of methoxy groups -OCH3 is 5. The minimum Gasteiger partial charge on any atom is -0.495 e. The summed E-state index contributed by atoms with van der Waals surface area (Å²) in [6, 6.07) is 0. The highest BCUT2D eigenvalue weighted by molar-refractivity contribution is 6.05. The number of rotatable bonds is 7. The van der Waals surface area contributed by atoms with E-state index in [1.165, 1.54) is 48.4 Å². The predicted molar refractivity (Wildman–Crippen MR) is 94.4 cm³/mol. The summed E-state index contributed by atoms with van der Waals surface area (Å²) in [5.41, 5.74) is 0.780. The van der Waals surface area contributed by atoms with Gasteiger partial charge in [-0.3, -0.25) is 0 Å². The van der Waals surface area contributed by atoms with Crippen LogP contribution in [0.3, 0.4) is 0 Å². The Morgan fingerprint density at radius 1 is 0.769 bits per heavy atom. The Hall–Kier alpha value is -2.44. The molecule has 7 heteroatoms. The normalized spacial score (nSPS) is 14.0. The van der Waals surface area contributed by atoms with Gasteiger partial charge in [0.15, 0.2) is 5.75 Å². The number of benzene rings is 1. The highest BCUT2D eigenvalue weighted by atomic mass is 16.5. The number of carbonyl (C=O) groups is 2. The second-order valence-electron chi connectivity index (χ2n) is 6.17. The molecule has 0 amide bonds. The summed E-state index contributed by atoms with van der Waals surface area (Å²) in [6.07, 6.45) is 5.13. The van der Waals surface area contributed by atoms with E-state index in [2.05, 4.69) is 0 Å². The lowest BCUT2D eigenvalue weighted by Crippen LogP contribution is -2.17. The van der Waals surface area contributed by atoms with E-state index >= 15 is 0 Å². The van der Waals surface area contributed by atoms with Crippen molar-refractivity contribution in [3.05, 3.63) is 16.7 Å². The van der Waals surface area contributed by atoms with Gasteiger partial charge < -0.3 is 23.7 Å². The van der Waals surface area contributed by atoms with Crippen LogP contribution in [0.15, 0.2) is 0 Å². The Bertz CT molecular complexity index is 630. The Morgan fingerprint density at radius 3 is 1.54 bits per heavy atom. The molecule has 0 heterocycles. The van der Waals surface area contributed by atoms with Gasteiger partial charge in [0.1, 0.15) is 22.6 Å². The van der Waals surface area contributed by atoms with Gasteiger partial charge in [-0.2, -0.15) is 0 Å². The minimum absolute atomic E-state index is 0.0209. The third-order valence-electron chi connectivity index (χ3n) is 4.82. The molecule has 0 aromatic heterocycles. The van der Waals surface area contributed by atoms with E-state index in [0.717, 1.165) is 12.8 Å². The van der Waals surface area contributed by atoms with E-state index in [1.54, 1.807) is 0 Å². The largest absolute Gasteiger partial charge is 0.495 e. The van der Waals surface area contributed by atoms with Crippen LogP contribution in [0.25, 0.3) is 0 Å². The third-order valence-corrected chi connectivity index (χ3v) is 4.82. The maximum atomic E-state index is 12.4. The van der Waals surface area contributed by atoms with Crippen LogP contribution in [0.4, 0.5) is 0 Å². The second kappa shape index (κ2) is 8.78. The summed E-state index contributed by atoms with van der Waals surface area (Å²) in [7, 11) is 6.83. The zero-order valence-corrected chi connectivity index (χ0v) is 16.0. The molecule has 1 saturated carbocycles. The second-order valence-corrected chi connectivity index (χ2v) is 6.17. The molecule has 2 rings (SSSR count). The van der Waals surface area contributed by atoms with Crippen molar-refractivity contribution in [3.63, 3.8) is 0 Å². The van der Waals surface area contributed by atoms with Gasteiger partial charge >= 0.3 is 11.9 Å². The van der Waals surface area contributed by atoms with Crippen molar-refractivity contribution in [2.75, 3.05) is 35.5 Å². The smallest absolute Gasteiger partial charge is 0.345 e. The topological polar surface area (TPSA) is 80.3 Å². The fraction of sp³-hybridized carbons (Fsp3) is 0.579. The Kier molecular flexibility index (Phi) is 6.71. The van der Waals surface area contributed by atoms with Crippen molar-refractivity contribution in [1.82, 2.24) is 0 Å². The predicted octanol–water partition coefficient (Wildman–Crippen LogP) is 3.02. The Labute approximate surface area is 153 Å². The van der Waals surface area contributed by atoms with E-state index < -0.39 is 11.9 Å². The molecule has 1 aromatic rings. The van der Waals surface area contributed by atoms with E-state index in [9.17, 15) is 9.59 Å². The lowest BCUT2D eigenvalue weighted by molar-refractivity contribution is 0.0586. The van der Waals surface area contributed by atoms with Gasteiger partial charge in [-0.25, -0.2) is 9.59 Å². The molecule has 0 N–H and O–H groups in total. The molecule has 144 valence electrons. The van der Waals surface area contributed by atoms with Crippen molar-refractivity contribution >= 4 is 11.9 Å². The first-order valence-electron chi connectivity index (χ1n) is 8.55. The summed E-state index contributed by atoms with van der Waals surface area (Å²) < 4.78 is 26.3. The molecular weight excluding hydrogens is 340 g/mol. The molecule has 0 aliphatic heterocycles. The van der Waals surface area contributed by atoms with Gasteiger partial charge in [0, 0.05) is 5.56 Å². The maximum absolute atomic E-state index is 12.4. The van der Waals surface area contributed by atoms with Gasteiger partial charge in [0.2, 0.25) is 0 Å². The standard InChI is InChI=1S/C19H26O7/c1-22-15-12(10-11-8-6-7-9-11)16(23-2)14(19(21)26-5)17(24-3)13(15)18(20)25-4/h11H,6-10H2,1-5H3. The van der Waals surface area contributed by atoms with Crippen LogP contribution < -0.4 is 14.2 Å². The molecule has 0 atom stereocenters. The van der Waals surface area contributed by atoms with Crippen LogP contribution in [0.1, 0.15) is 52.0 Å². The van der Waals surface area contributed by atoms with Crippen molar-refractivity contribution in [2.45, 2.75) is 32.1 Å². The SMILES string of the molecule is COC(=O)c1c(OC)c(CC2CCCC2)c(OC)c(C(=O)OC)c1OC. The van der Waals surface area contributed by atoms with Crippen molar-refractivity contribution < 1.29 is 33.3 Å². The fourth-order valence-electron chi connectivity index (χ4n) is 3.65. The maximum Gasteiger partial charge on any atom is 0.345 e. The highest BCUT2D eigenvalue weighted by Gasteiger charge is 2.35. The summed E-state index contributed by atoms with van der Waals surface area (Å²) in [5, 5.41) is 0. The zero-order chi connectivity index (χ0) is 19.3. The molecule has 0 unspecified atom stereocenters. The van der Waals surface area contributed by atoms with E-state index in [-0.39, 0.29) is 16.9 Å². The number of hydrogen-bond donors (Lipinski definition) is 0. The van der Waals surface area contributed by atoms with Gasteiger partial charge in [-0.15, -0.1) is 0 Å². The summed E-state index contributed by atoms with van der Waals surface area (Å²) in [5.74, 6) is -0.233. The first-order chi connectivity index (χ1) is 12.5. The van der Waals surface area contributed by atoms with Gasteiger partial charge in [-0.1, -0.05) is 25.7 Å². The molecular formula is C19H26O7. The molecule has 1 fully saturated rings. The fourth-order valence-corrected chi connectivity index (χ4v) is 3.65. The van der Waals surface area contributed by atoms with E-state index in [4.69, 9.17) is 23.7 Å². The summed E-state index contributed by atoms with van der Waals surface area (Å²) >= 11 is 0. The van der Waals surface area contributed by atoms with E-state index in [0.29, 0.717) is 29.4 Å². The quantitative estimate of drug-likeness (QED) is 0.686. The third kappa shape index (κ3) is 3.57. The van der Waals surface area contributed by atoms with Crippen LogP contribution >= 0.6 is 0 Å². The van der Waals surface area contributed by atoms with Crippen molar-refractivity contribution in [1.29, 1.82) is 0 Å². The van der Waals surface area contributed by atoms with Crippen LogP contribution in [-0.2, 0) is 15.9 Å². The monoisotopic (exact) mass is 366 g/mol. The van der Waals surface area contributed by atoms with Crippen LogP contribution in [0.2, 0.25) is 0 Å². The van der Waals surface area contributed by atoms with Crippen molar-refractivity contribution in [2.24, 2.45) is 5.92 Å². The van der Waals surface area contributed by atoms with Gasteiger partial charge in [-0.05, 0) is 12.3 Å². The average Bonchev–Trinajstić information content (AvgIpc) is 3.18. The highest BCUT2D eigenvalue weighted by Crippen LogP contribution is 2.46. The lowest BCUT2D eigenvalue weighted by Gasteiger charge is -2.23. The number of esters is 2. The molecule has 0 spiro atoms. The Balaban J connectivity index is 2.81. The number of ether oxygens (including phenoxy) is 5. The first-order valence-corrected chi connectivity index (χ1v) is 8.55. The average molecular weight is 366 g/mol. The number of hydrogen-bond acceptors (Lipinski definition) is 7. The van der Waals surface area contributed by atoms with E-state index in [1.807, 2.05) is 0 Å². The van der Waals surface area contributed by atoms with Crippen LogP contribution in [0, 0.1) is 5.92 Å². The van der Waals surface area contributed by atoms with Crippen LogP contribution in [-0.4, -0.2) is 47.5 Å². The lowest BCUT2D eigenvalue weighted by atomic mass is 9.91. The van der Waals surface area contributed by atoms with Gasteiger partial charge in [0.05, 0.1) is 35.5 Å². The molecule has 1 aliphatic carbocycles. The molecule has 26 heavy (non-hydrogen) atoms. The molecule has 0 saturated heterocycles. The van der Waals surface area contributed by atoms with Crippen LogP contribution in [0.5, 0.6) is 17.2 Å². The molecule has 1 aromatic carbocycles. The molecule has 7 nitrogen and oxygen atoms in total. The molecule has 1 aliphatic rings. The summed E-state index contributed by atoms with van der Waals surface area (Å²) in [6.45, 7) is 0. The Morgan fingerprint density at radius 2 is 1.19 bits per heavy atom. The molecule has 0 bridgehead atoms. The van der Waals surface area contributed by atoms with Gasteiger partial charge in [0.25, 0.3) is 0 Å². The minimum atomic E-state index is -0.654. The number of carbonyl (C=O) groups excluding carboxylic acids is 2. The van der Waals surface area contributed by atoms with Crippen molar-refractivity contribution in [3.8, 4) is 17.2 Å². The zero-order valence-electron chi connectivity index (χ0n) is 16.0. The first kappa shape index (κ1) is 19.9. The summed E-state index contributed by atoms with van der Waals surface area (Å²) in [4.78, 5) is 24.9. The molecule has 0 radical (unpaired) electrons.